The summed E-state index contributed by atoms with van der Waals surface area (Å²) in [5.74, 6) is 0.911. The fourth-order valence-corrected chi connectivity index (χ4v) is 2.73. The summed E-state index contributed by atoms with van der Waals surface area (Å²) < 4.78 is 5.80. The van der Waals surface area contributed by atoms with Gasteiger partial charge in [-0.3, -0.25) is 0 Å². The van der Waals surface area contributed by atoms with Crippen molar-refractivity contribution in [2.24, 2.45) is 0 Å². The van der Waals surface area contributed by atoms with Crippen molar-refractivity contribution in [1.82, 2.24) is 5.32 Å². The van der Waals surface area contributed by atoms with Gasteiger partial charge in [0.2, 0.25) is 0 Å². The number of hydrogen-bond donors (Lipinski definition) is 1. The van der Waals surface area contributed by atoms with Crippen LogP contribution in [0.15, 0.2) is 42.5 Å². The Labute approximate surface area is 132 Å². The molecule has 0 radical (unpaired) electrons. The monoisotopic (exact) mass is 303 g/mol. The first-order chi connectivity index (χ1) is 10.2. The molecular weight excluding hydrogens is 282 g/mol. The minimum atomic E-state index is 0.0325. The highest BCUT2D eigenvalue weighted by Crippen LogP contribution is 2.34. The Kier molecular flexibility index (Phi) is 5.66. The molecule has 0 saturated carbocycles. The largest absolute Gasteiger partial charge is 0.494 e. The molecule has 2 aromatic rings. The van der Waals surface area contributed by atoms with Crippen LogP contribution in [0.4, 0.5) is 0 Å². The molecule has 112 valence electrons. The second-order valence-electron chi connectivity index (χ2n) is 4.99. The third-order valence-corrected chi connectivity index (χ3v) is 3.74. The van der Waals surface area contributed by atoms with E-state index in [2.05, 4.69) is 37.4 Å². The van der Waals surface area contributed by atoms with Crippen molar-refractivity contribution < 1.29 is 4.74 Å². The maximum absolute atomic E-state index is 6.39. The van der Waals surface area contributed by atoms with Crippen LogP contribution in [0, 0.1) is 6.92 Å². The predicted octanol–water partition coefficient (Wildman–Crippen LogP) is 4.75. The van der Waals surface area contributed by atoms with Crippen molar-refractivity contribution in [2.75, 3.05) is 13.2 Å². The summed E-state index contributed by atoms with van der Waals surface area (Å²) in [5.41, 5.74) is 3.42. The molecule has 0 fully saturated rings. The molecule has 0 spiro atoms. The second-order valence-corrected chi connectivity index (χ2v) is 5.39. The van der Waals surface area contributed by atoms with Crippen molar-refractivity contribution in [3.63, 3.8) is 0 Å². The number of rotatable bonds is 6. The first kappa shape index (κ1) is 15.9. The summed E-state index contributed by atoms with van der Waals surface area (Å²) >= 11 is 6.39. The fourth-order valence-electron chi connectivity index (χ4n) is 2.48. The van der Waals surface area contributed by atoms with E-state index < -0.39 is 0 Å². The van der Waals surface area contributed by atoms with Crippen LogP contribution >= 0.6 is 11.6 Å². The Hall–Kier alpha value is -1.51. The van der Waals surface area contributed by atoms with Gasteiger partial charge in [-0.25, -0.2) is 0 Å². The zero-order valence-corrected chi connectivity index (χ0v) is 13.6. The van der Waals surface area contributed by atoms with E-state index >= 15 is 0 Å². The van der Waals surface area contributed by atoms with Gasteiger partial charge in [0.1, 0.15) is 5.75 Å². The minimum absolute atomic E-state index is 0.0325. The van der Waals surface area contributed by atoms with Crippen LogP contribution in [-0.4, -0.2) is 13.2 Å². The maximum atomic E-state index is 6.39. The van der Waals surface area contributed by atoms with E-state index in [1.54, 1.807) is 0 Å². The first-order valence-corrected chi connectivity index (χ1v) is 7.76. The van der Waals surface area contributed by atoms with E-state index in [9.17, 15) is 0 Å². The van der Waals surface area contributed by atoms with E-state index in [0.29, 0.717) is 6.61 Å². The standard InChI is InChI=1S/C18H22ClNO/c1-4-20-18(14-8-6-7-9-16(14)19)15-12-13(3)10-11-17(15)21-5-2/h6-12,18,20H,4-5H2,1-3H3. The Morgan fingerprint density at radius 3 is 2.52 bits per heavy atom. The number of halogens is 1. The zero-order valence-electron chi connectivity index (χ0n) is 12.8. The average molecular weight is 304 g/mol. The molecule has 2 aromatic carbocycles. The molecule has 0 aliphatic carbocycles. The van der Waals surface area contributed by atoms with Crippen LogP contribution in [0.3, 0.4) is 0 Å². The molecule has 3 heteroatoms. The van der Waals surface area contributed by atoms with E-state index in [-0.39, 0.29) is 6.04 Å². The number of benzene rings is 2. The van der Waals surface area contributed by atoms with Gasteiger partial charge in [-0.05, 0) is 38.1 Å². The number of aryl methyl sites for hydroxylation is 1. The van der Waals surface area contributed by atoms with E-state index in [4.69, 9.17) is 16.3 Å². The van der Waals surface area contributed by atoms with Crippen LogP contribution in [0.25, 0.3) is 0 Å². The predicted molar refractivity (Wildman–Crippen MR) is 89.3 cm³/mol. The highest BCUT2D eigenvalue weighted by Gasteiger charge is 2.19. The molecule has 0 saturated heterocycles. The van der Waals surface area contributed by atoms with Crippen LogP contribution < -0.4 is 10.1 Å². The smallest absolute Gasteiger partial charge is 0.124 e. The van der Waals surface area contributed by atoms with Crippen molar-refractivity contribution in [3.05, 3.63) is 64.2 Å². The van der Waals surface area contributed by atoms with Gasteiger partial charge in [0.25, 0.3) is 0 Å². The van der Waals surface area contributed by atoms with Crippen molar-refractivity contribution in [2.45, 2.75) is 26.8 Å². The van der Waals surface area contributed by atoms with E-state index in [1.165, 1.54) is 5.56 Å². The molecule has 0 aromatic heterocycles. The highest BCUT2D eigenvalue weighted by molar-refractivity contribution is 6.31. The molecule has 2 rings (SSSR count). The topological polar surface area (TPSA) is 21.3 Å². The summed E-state index contributed by atoms with van der Waals surface area (Å²) in [6, 6.07) is 14.3. The summed E-state index contributed by atoms with van der Waals surface area (Å²) in [7, 11) is 0. The lowest BCUT2D eigenvalue weighted by molar-refractivity contribution is 0.333. The molecule has 0 amide bonds. The number of hydrogen-bond acceptors (Lipinski definition) is 2. The first-order valence-electron chi connectivity index (χ1n) is 7.38. The lowest BCUT2D eigenvalue weighted by atomic mass is 9.96. The molecule has 0 aliphatic heterocycles. The molecule has 1 atom stereocenters. The van der Waals surface area contributed by atoms with Crippen LogP contribution in [0.5, 0.6) is 5.75 Å². The Balaban J connectivity index is 2.52. The normalized spacial score (nSPS) is 12.2. The third kappa shape index (κ3) is 3.78. The van der Waals surface area contributed by atoms with Crippen molar-refractivity contribution in [1.29, 1.82) is 0 Å². The van der Waals surface area contributed by atoms with Gasteiger partial charge in [0, 0.05) is 10.6 Å². The molecule has 1 unspecified atom stereocenters. The molecular formula is C18H22ClNO. The van der Waals surface area contributed by atoms with Crippen LogP contribution in [-0.2, 0) is 0 Å². The second kappa shape index (κ2) is 7.48. The third-order valence-electron chi connectivity index (χ3n) is 3.40. The molecule has 1 N–H and O–H groups in total. The Morgan fingerprint density at radius 2 is 1.86 bits per heavy atom. The zero-order chi connectivity index (χ0) is 15.2. The lowest BCUT2D eigenvalue weighted by Crippen LogP contribution is -2.23. The fraction of sp³-hybridized carbons (Fsp3) is 0.333. The number of nitrogens with one attached hydrogen (secondary N) is 1. The lowest BCUT2D eigenvalue weighted by Gasteiger charge is -2.23. The molecule has 21 heavy (non-hydrogen) atoms. The molecule has 0 bridgehead atoms. The van der Waals surface area contributed by atoms with Crippen molar-refractivity contribution >= 4 is 11.6 Å². The Bertz CT molecular complexity index is 598. The summed E-state index contributed by atoms with van der Waals surface area (Å²) in [4.78, 5) is 0. The van der Waals surface area contributed by atoms with Gasteiger partial charge >= 0.3 is 0 Å². The van der Waals surface area contributed by atoms with Gasteiger partial charge in [-0.2, -0.15) is 0 Å². The summed E-state index contributed by atoms with van der Waals surface area (Å²) in [6.45, 7) is 7.70. The van der Waals surface area contributed by atoms with E-state index in [1.807, 2.05) is 31.2 Å². The molecule has 0 aliphatic rings. The van der Waals surface area contributed by atoms with Crippen molar-refractivity contribution in [3.8, 4) is 5.75 Å². The molecule has 2 nitrogen and oxygen atoms in total. The van der Waals surface area contributed by atoms with Gasteiger partial charge in [0.05, 0.1) is 12.6 Å². The van der Waals surface area contributed by atoms with Gasteiger partial charge in [-0.15, -0.1) is 0 Å². The van der Waals surface area contributed by atoms with Gasteiger partial charge in [-0.1, -0.05) is 54.4 Å². The SMILES string of the molecule is CCNC(c1ccccc1Cl)c1cc(C)ccc1OCC. The van der Waals surface area contributed by atoms with Crippen LogP contribution in [0.2, 0.25) is 5.02 Å². The average Bonchev–Trinajstić information content (AvgIpc) is 2.48. The highest BCUT2D eigenvalue weighted by atomic mass is 35.5. The number of ether oxygens (including phenoxy) is 1. The Morgan fingerprint density at radius 1 is 1.10 bits per heavy atom. The summed E-state index contributed by atoms with van der Waals surface area (Å²) in [5, 5.41) is 4.29. The molecule has 0 heterocycles. The summed E-state index contributed by atoms with van der Waals surface area (Å²) in [6.07, 6.45) is 0. The minimum Gasteiger partial charge on any atom is -0.494 e. The quantitative estimate of drug-likeness (QED) is 0.832. The van der Waals surface area contributed by atoms with E-state index in [0.717, 1.165) is 28.4 Å². The van der Waals surface area contributed by atoms with Gasteiger partial charge < -0.3 is 10.1 Å². The van der Waals surface area contributed by atoms with Gasteiger partial charge in [0.15, 0.2) is 0 Å². The van der Waals surface area contributed by atoms with Crippen LogP contribution in [0.1, 0.15) is 36.6 Å². The maximum Gasteiger partial charge on any atom is 0.124 e.